The molecule has 3 heterocycles. The first kappa shape index (κ1) is 16.1. The number of thiazole rings is 1. The van der Waals surface area contributed by atoms with Crippen LogP contribution in [0.3, 0.4) is 0 Å². The van der Waals surface area contributed by atoms with E-state index in [-0.39, 0.29) is 5.91 Å². The van der Waals surface area contributed by atoms with Crippen LogP contribution >= 0.6 is 11.3 Å². The number of hydrogen-bond donors (Lipinski definition) is 0. The van der Waals surface area contributed by atoms with Crippen LogP contribution in [0, 0.1) is 6.92 Å². The summed E-state index contributed by atoms with van der Waals surface area (Å²) in [6.45, 7) is 6.45. The molecule has 0 aromatic carbocycles. The van der Waals surface area contributed by atoms with Crippen LogP contribution < -0.4 is 0 Å². The molecule has 124 valence electrons. The summed E-state index contributed by atoms with van der Waals surface area (Å²) in [6.07, 6.45) is 5.41. The Morgan fingerprint density at radius 1 is 1.30 bits per heavy atom. The maximum absolute atomic E-state index is 12.5. The number of rotatable bonds is 4. The molecular weight excluding hydrogens is 310 g/mol. The normalized spacial score (nSPS) is 16.5. The van der Waals surface area contributed by atoms with Gasteiger partial charge in [0.1, 0.15) is 0 Å². The fourth-order valence-electron chi connectivity index (χ4n) is 2.95. The van der Waals surface area contributed by atoms with E-state index in [2.05, 4.69) is 21.2 Å². The largest absolute Gasteiger partial charge is 0.341 e. The monoisotopic (exact) mass is 333 g/mol. The van der Waals surface area contributed by atoms with Crippen molar-refractivity contribution in [2.75, 3.05) is 26.2 Å². The van der Waals surface area contributed by atoms with E-state index in [1.807, 2.05) is 35.1 Å². The fourth-order valence-corrected chi connectivity index (χ4v) is 3.56. The van der Waals surface area contributed by atoms with Gasteiger partial charge in [0.25, 0.3) is 0 Å². The molecule has 0 aliphatic carbocycles. The Hall–Kier alpha value is -1.73. The topological polar surface area (TPSA) is 54.3 Å². The van der Waals surface area contributed by atoms with Crippen molar-refractivity contribution in [2.45, 2.75) is 26.3 Å². The number of carbonyl (C=O) groups excluding carboxylic acids is 1. The van der Waals surface area contributed by atoms with Gasteiger partial charge in [-0.25, -0.2) is 4.98 Å². The molecule has 0 N–H and O–H groups in total. The summed E-state index contributed by atoms with van der Waals surface area (Å²) < 4.78 is 1.83. The summed E-state index contributed by atoms with van der Waals surface area (Å²) >= 11 is 1.60. The zero-order valence-corrected chi connectivity index (χ0v) is 14.6. The van der Waals surface area contributed by atoms with Gasteiger partial charge < -0.3 is 4.90 Å². The predicted molar refractivity (Wildman–Crippen MR) is 90.2 cm³/mol. The lowest BCUT2D eigenvalue weighted by molar-refractivity contribution is -0.130. The number of aryl methyl sites for hydroxylation is 2. The zero-order chi connectivity index (χ0) is 16.2. The zero-order valence-electron chi connectivity index (χ0n) is 13.7. The van der Waals surface area contributed by atoms with Crippen LogP contribution in [0.15, 0.2) is 17.8 Å². The lowest BCUT2D eigenvalue weighted by Crippen LogP contribution is -2.36. The van der Waals surface area contributed by atoms with Crippen LogP contribution in [0.5, 0.6) is 0 Å². The van der Waals surface area contributed by atoms with E-state index in [0.29, 0.717) is 6.42 Å². The highest BCUT2D eigenvalue weighted by atomic mass is 32.1. The molecule has 6 nitrogen and oxygen atoms in total. The van der Waals surface area contributed by atoms with Gasteiger partial charge in [-0.05, 0) is 13.3 Å². The van der Waals surface area contributed by atoms with Gasteiger partial charge in [0, 0.05) is 56.9 Å². The first-order valence-electron chi connectivity index (χ1n) is 7.99. The summed E-state index contributed by atoms with van der Waals surface area (Å²) in [5, 5.41) is 7.22. The molecule has 1 fully saturated rings. The summed E-state index contributed by atoms with van der Waals surface area (Å²) in [5.74, 6) is 0.193. The van der Waals surface area contributed by atoms with E-state index < -0.39 is 0 Å². The molecule has 0 atom stereocenters. The van der Waals surface area contributed by atoms with Crippen LogP contribution in [0.25, 0.3) is 0 Å². The molecular formula is C16H23N5OS. The van der Waals surface area contributed by atoms with Gasteiger partial charge in [-0.3, -0.25) is 14.4 Å². The van der Waals surface area contributed by atoms with Gasteiger partial charge in [-0.15, -0.1) is 11.3 Å². The molecule has 7 heteroatoms. The third-order valence-corrected chi connectivity index (χ3v) is 4.93. The molecule has 1 saturated heterocycles. The second kappa shape index (κ2) is 7.23. The second-order valence-corrected chi connectivity index (χ2v) is 7.13. The standard InChI is InChI=1S/C16H23N5OS/c1-13-18-15(12-23-13)8-16(22)21-5-3-4-20(6-7-21)11-14-9-17-19(2)10-14/h9-10,12H,3-8,11H2,1-2H3. The summed E-state index contributed by atoms with van der Waals surface area (Å²) in [5.41, 5.74) is 2.12. The van der Waals surface area contributed by atoms with Crippen molar-refractivity contribution in [1.82, 2.24) is 24.6 Å². The van der Waals surface area contributed by atoms with Crippen molar-refractivity contribution in [1.29, 1.82) is 0 Å². The van der Waals surface area contributed by atoms with Crippen LogP contribution in [0.2, 0.25) is 0 Å². The van der Waals surface area contributed by atoms with Crippen molar-refractivity contribution in [3.8, 4) is 0 Å². The van der Waals surface area contributed by atoms with E-state index in [4.69, 9.17) is 0 Å². The van der Waals surface area contributed by atoms with Crippen LogP contribution in [-0.2, 0) is 24.8 Å². The molecule has 3 rings (SSSR count). The van der Waals surface area contributed by atoms with Gasteiger partial charge in [-0.1, -0.05) is 0 Å². The molecule has 23 heavy (non-hydrogen) atoms. The molecule has 0 unspecified atom stereocenters. The molecule has 1 amide bonds. The lowest BCUT2D eigenvalue weighted by Gasteiger charge is -2.21. The van der Waals surface area contributed by atoms with Crippen molar-refractivity contribution in [3.05, 3.63) is 34.0 Å². The van der Waals surface area contributed by atoms with Gasteiger partial charge in [0.15, 0.2) is 0 Å². The van der Waals surface area contributed by atoms with Gasteiger partial charge in [0.2, 0.25) is 5.91 Å². The third kappa shape index (κ3) is 4.39. The Morgan fingerprint density at radius 3 is 2.87 bits per heavy atom. The number of hydrogen-bond acceptors (Lipinski definition) is 5. The summed E-state index contributed by atoms with van der Waals surface area (Å²) in [6, 6.07) is 0. The number of amides is 1. The Kier molecular flexibility index (Phi) is 5.07. The quantitative estimate of drug-likeness (QED) is 0.850. The number of carbonyl (C=O) groups is 1. The van der Waals surface area contributed by atoms with Crippen molar-refractivity contribution < 1.29 is 4.79 Å². The minimum absolute atomic E-state index is 0.193. The van der Waals surface area contributed by atoms with Gasteiger partial charge in [-0.2, -0.15) is 5.10 Å². The second-order valence-electron chi connectivity index (χ2n) is 6.07. The van der Waals surface area contributed by atoms with Crippen LogP contribution in [0.1, 0.15) is 22.7 Å². The van der Waals surface area contributed by atoms with Gasteiger partial charge in [0.05, 0.1) is 23.3 Å². The van der Waals surface area contributed by atoms with E-state index >= 15 is 0 Å². The Labute approximate surface area is 140 Å². The van der Waals surface area contributed by atoms with E-state index in [0.717, 1.165) is 49.8 Å². The maximum Gasteiger partial charge on any atom is 0.228 e. The third-order valence-electron chi connectivity index (χ3n) is 4.10. The summed E-state index contributed by atoms with van der Waals surface area (Å²) in [7, 11) is 1.94. The van der Waals surface area contributed by atoms with Crippen molar-refractivity contribution >= 4 is 17.2 Å². The SMILES string of the molecule is Cc1nc(CC(=O)N2CCCN(Cc3cnn(C)c3)CC2)cs1. The summed E-state index contributed by atoms with van der Waals surface area (Å²) in [4.78, 5) is 21.2. The highest BCUT2D eigenvalue weighted by Crippen LogP contribution is 2.12. The highest BCUT2D eigenvalue weighted by Gasteiger charge is 2.20. The Bertz CT molecular complexity index is 665. The molecule has 1 aliphatic rings. The molecule has 0 spiro atoms. The first-order valence-corrected chi connectivity index (χ1v) is 8.87. The molecule has 0 radical (unpaired) electrons. The fraction of sp³-hybridized carbons (Fsp3) is 0.562. The smallest absolute Gasteiger partial charge is 0.228 e. The van der Waals surface area contributed by atoms with Crippen LogP contribution in [-0.4, -0.2) is 56.7 Å². The molecule has 2 aromatic rings. The van der Waals surface area contributed by atoms with E-state index in [1.165, 1.54) is 5.56 Å². The van der Waals surface area contributed by atoms with E-state index in [9.17, 15) is 4.79 Å². The highest BCUT2D eigenvalue weighted by molar-refractivity contribution is 7.09. The average molecular weight is 333 g/mol. The van der Waals surface area contributed by atoms with E-state index in [1.54, 1.807) is 11.3 Å². The molecule has 1 aliphatic heterocycles. The molecule has 0 bridgehead atoms. The van der Waals surface area contributed by atoms with Gasteiger partial charge >= 0.3 is 0 Å². The number of aromatic nitrogens is 3. The molecule has 0 saturated carbocycles. The average Bonchev–Trinajstić information content (AvgIpc) is 3.02. The van der Waals surface area contributed by atoms with Crippen LogP contribution in [0.4, 0.5) is 0 Å². The minimum atomic E-state index is 0.193. The van der Waals surface area contributed by atoms with Crippen molar-refractivity contribution in [3.63, 3.8) is 0 Å². The number of nitrogens with zero attached hydrogens (tertiary/aromatic N) is 5. The Balaban J connectivity index is 1.52. The minimum Gasteiger partial charge on any atom is -0.341 e. The Morgan fingerprint density at radius 2 is 2.17 bits per heavy atom. The molecule has 2 aromatic heterocycles. The predicted octanol–water partition coefficient (Wildman–Crippen LogP) is 1.46. The van der Waals surface area contributed by atoms with Crippen molar-refractivity contribution in [2.24, 2.45) is 7.05 Å². The maximum atomic E-state index is 12.5. The first-order chi connectivity index (χ1) is 11.1. The lowest BCUT2D eigenvalue weighted by atomic mass is 10.3.